The summed E-state index contributed by atoms with van der Waals surface area (Å²) in [4.78, 5) is 24.8. The molecule has 2 heterocycles. The van der Waals surface area contributed by atoms with Crippen LogP contribution in [0.25, 0.3) is 0 Å². The van der Waals surface area contributed by atoms with E-state index < -0.39 is 6.29 Å². The number of aryl methyl sites for hydroxylation is 1. The number of benzene rings is 1. The van der Waals surface area contributed by atoms with Crippen LogP contribution in [-0.2, 0) is 16.0 Å². The maximum atomic E-state index is 13.1. The fourth-order valence-electron chi connectivity index (χ4n) is 5.35. The third kappa shape index (κ3) is 4.11. The summed E-state index contributed by atoms with van der Waals surface area (Å²) in [6.07, 6.45) is 7.53. The number of fused-ring (bicyclic) bond motifs is 5. The second-order valence-electron chi connectivity index (χ2n) is 9.86. The molecule has 2 aliphatic heterocycles. The van der Waals surface area contributed by atoms with Gasteiger partial charge in [0.25, 0.3) is 6.29 Å². The highest BCUT2D eigenvalue weighted by Gasteiger charge is 2.47. The maximum absolute atomic E-state index is 13.1. The number of ketones is 1. The molecule has 1 unspecified atom stereocenters. The average Bonchev–Trinajstić information content (AvgIpc) is 2.66. The van der Waals surface area contributed by atoms with Crippen molar-refractivity contribution in [2.45, 2.75) is 97.4 Å². The lowest BCUT2D eigenvalue weighted by Gasteiger charge is -2.47. The van der Waals surface area contributed by atoms with E-state index in [0.29, 0.717) is 17.2 Å². The van der Waals surface area contributed by atoms with Gasteiger partial charge in [-0.1, -0.05) is 31.4 Å². The van der Waals surface area contributed by atoms with Gasteiger partial charge < -0.3 is 14.2 Å². The number of esters is 1. The molecule has 31 heavy (non-hydrogen) atoms. The maximum Gasteiger partial charge on any atom is 0.345 e. The highest BCUT2D eigenvalue weighted by molar-refractivity contribution is 5.96. The molecule has 0 fully saturated rings. The summed E-state index contributed by atoms with van der Waals surface area (Å²) < 4.78 is 18.3. The Morgan fingerprint density at radius 1 is 1.23 bits per heavy atom. The van der Waals surface area contributed by atoms with Gasteiger partial charge in [0, 0.05) is 17.4 Å². The fourth-order valence-corrected chi connectivity index (χ4v) is 5.35. The van der Waals surface area contributed by atoms with Crippen LogP contribution in [0.5, 0.6) is 11.5 Å². The van der Waals surface area contributed by atoms with Crippen LogP contribution in [0.1, 0.15) is 101 Å². The molecule has 0 bridgehead atoms. The molecule has 0 saturated heterocycles. The Labute approximate surface area is 185 Å². The lowest BCUT2D eigenvalue weighted by Crippen LogP contribution is -2.46. The highest BCUT2D eigenvalue weighted by Crippen LogP contribution is 2.55. The van der Waals surface area contributed by atoms with Crippen molar-refractivity contribution in [1.82, 2.24) is 0 Å². The smallest absolute Gasteiger partial charge is 0.345 e. The van der Waals surface area contributed by atoms with E-state index in [1.165, 1.54) is 12.5 Å². The minimum atomic E-state index is -0.880. The summed E-state index contributed by atoms with van der Waals surface area (Å²) in [6, 6.07) is 2.04. The van der Waals surface area contributed by atoms with Crippen molar-refractivity contribution in [1.29, 1.82) is 0 Å². The molecular formula is C26H34O5. The average molecular weight is 427 g/mol. The van der Waals surface area contributed by atoms with E-state index >= 15 is 0 Å². The van der Waals surface area contributed by atoms with E-state index in [4.69, 9.17) is 14.2 Å². The van der Waals surface area contributed by atoms with E-state index in [0.717, 1.165) is 55.4 Å². The first-order chi connectivity index (χ1) is 14.7. The molecule has 168 valence electrons. The Bertz CT molecular complexity index is 926. The molecule has 0 amide bonds. The Kier molecular flexibility index (Phi) is 5.89. The van der Waals surface area contributed by atoms with E-state index in [2.05, 4.69) is 33.8 Å². The van der Waals surface area contributed by atoms with Crippen LogP contribution in [0.3, 0.4) is 0 Å². The summed E-state index contributed by atoms with van der Waals surface area (Å²) in [5.41, 5.74) is 3.43. The molecule has 0 N–H and O–H groups in total. The summed E-state index contributed by atoms with van der Waals surface area (Å²) in [5, 5.41) is 0. The zero-order chi connectivity index (χ0) is 22.3. The molecule has 1 aromatic rings. The van der Waals surface area contributed by atoms with Crippen molar-refractivity contribution in [3.63, 3.8) is 0 Å². The molecule has 5 heteroatoms. The van der Waals surface area contributed by atoms with Gasteiger partial charge in [-0.05, 0) is 65.0 Å². The van der Waals surface area contributed by atoms with Gasteiger partial charge in [-0.3, -0.25) is 4.79 Å². The lowest BCUT2D eigenvalue weighted by molar-refractivity contribution is -0.125. The van der Waals surface area contributed by atoms with Crippen LogP contribution in [0.15, 0.2) is 17.7 Å². The molecule has 0 radical (unpaired) electrons. The number of allylic oxidation sites excluding steroid dienone is 2. The van der Waals surface area contributed by atoms with Gasteiger partial charge in [0.1, 0.15) is 28.4 Å². The molecule has 0 spiro atoms. The Balaban J connectivity index is 1.88. The van der Waals surface area contributed by atoms with Gasteiger partial charge >= 0.3 is 5.97 Å². The van der Waals surface area contributed by atoms with E-state index in [-0.39, 0.29) is 29.7 Å². The number of rotatable bonds is 6. The van der Waals surface area contributed by atoms with E-state index in [1.807, 2.05) is 6.07 Å². The molecule has 4 rings (SSSR count). The molecular weight excluding hydrogens is 392 g/mol. The summed E-state index contributed by atoms with van der Waals surface area (Å²) in [6.45, 7) is 10.1. The molecule has 0 aromatic heterocycles. The van der Waals surface area contributed by atoms with Crippen LogP contribution in [0.2, 0.25) is 0 Å². The summed E-state index contributed by atoms with van der Waals surface area (Å²) in [7, 11) is 0. The van der Waals surface area contributed by atoms with Crippen molar-refractivity contribution in [2.24, 2.45) is 5.92 Å². The Morgan fingerprint density at radius 2 is 2.00 bits per heavy atom. The normalized spacial score (nSPS) is 25.8. The van der Waals surface area contributed by atoms with Crippen molar-refractivity contribution in [2.75, 3.05) is 0 Å². The zero-order valence-corrected chi connectivity index (χ0v) is 19.4. The number of carbonyl (C=O) groups is 2. The molecule has 1 aromatic carbocycles. The monoisotopic (exact) mass is 426 g/mol. The standard InChI is InChI=1S/C26H34O5/c1-6-7-8-9-17-14-20-23(18-12-15(2)10-11-19(18)26(4,5)31-20)24-22(17)25(28)30-21(29-24)13-16(3)27/h12,14,18-19,21H,6-11,13H2,1-5H3/t18-,19-,21?/m1/s1. The zero-order valence-electron chi connectivity index (χ0n) is 19.4. The van der Waals surface area contributed by atoms with Gasteiger partial charge in [0.2, 0.25) is 0 Å². The summed E-state index contributed by atoms with van der Waals surface area (Å²) >= 11 is 0. The number of cyclic esters (lactones) is 1. The number of carbonyl (C=O) groups excluding carboxylic acids is 2. The highest BCUT2D eigenvalue weighted by atomic mass is 16.7. The predicted octanol–water partition coefficient (Wildman–Crippen LogP) is 5.88. The molecule has 3 aliphatic rings. The van der Waals surface area contributed by atoms with Crippen LogP contribution in [-0.4, -0.2) is 23.6 Å². The molecule has 5 nitrogen and oxygen atoms in total. The molecule has 3 atom stereocenters. The number of hydrogen-bond donors (Lipinski definition) is 0. The third-order valence-corrected chi connectivity index (χ3v) is 6.91. The third-order valence-electron chi connectivity index (χ3n) is 6.91. The number of Topliss-reactive ketones (excluding diaryl/α,β-unsaturated/α-hetero) is 1. The van der Waals surface area contributed by atoms with Crippen LogP contribution in [0.4, 0.5) is 0 Å². The topological polar surface area (TPSA) is 61.8 Å². The second-order valence-corrected chi connectivity index (χ2v) is 9.86. The van der Waals surface area contributed by atoms with Gasteiger partial charge in [-0.15, -0.1) is 0 Å². The largest absolute Gasteiger partial charge is 0.487 e. The number of hydrogen-bond acceptors (Lipinski definition) is 5. The predicted molar refractivity (Wildman–Crippen MR) is 119 cm³/mol. The van der Waals surface area contributed by atoms with Gasteiger partial charge in [0.05, 0.1) is 6.42 Å². The van der Waals surface area contributed by atoms with Crippen molar-refractivity contribution in [3.05, 3.63) is 34.4 Å². The van der Waals surface area contributed by atoms with Crippen LogP contribution in [0, 0.1) is 5.92 Å². The van der Waals surface area contributed by atoms with Gasteiger partial charge in [-0.2, -0.15) is 0 Å². The minimum Gasteiger partial charge on any atom is -0.487 e. The lowest BCUT2D eigenvalue weighted by atomic mass is 9.67. The van der Waals surface area contributed by atoms with Crippen molar-refractivity contribution in [3.8, 4) is 11.5 Å². The van der Waals surface area contributed by atoms with Crippen LogP contribution < -0.4 is 9.47 Å². The quantitative estimate of drug-likeness (QED) is 0.323. The SMILES string of the molecule is CCCCCc1cc2c(c3c1C(=O)OC(CC(C)=O)O3)[C@@H]1C=C(C)CC[C@H]1C(C)(C)O2. The fraction of sp³-hybridized carbons (Fsp3) is 0.615. The van der Waals surface area contributed by atoms with Crippen molar-refractivity contribution >= 4 is 11.8 Å². The first kappa shape index (κ1) is 21.9. The van der Waals surface area contributed by atoms with Gasteiger partial charge in [0.15, 0.2) is 0 Å². The Hall–Kier alpha value is -2.30. The summed E-state index contributed by atoms with van der Waals surface area (Å²) in [5.74, 6) is 1.33. The number of ether oxygens (including phenoxy) is 3. The first-order valence-electron chi connectivity index (χ1n) is 11.6. The van der Waals surface area contributed by atoms with Crippen molar-refractivity contribution < 1.29 is 23.8 Å². The molecule has 1 aliphatic carbocycles. The molecule has 0 saturated carbocycles. The second kappa shape index (κ2) is 8.33. The first-order valence-corrected chi connectivity index (χ1v) is 11.6. The minimum absolute atomic E-state index is 0.0509. The number of unbranched alkanes of at least 4 members (excludes halogenated alkanes) is 2. The van der Waals surface area contributed by atoms with E-state index in [1.54, 1.807) is 0 Å². The van der Waals surface area contributed by atoms with Gasteiger partial charge in [-0.25, -0.2) is 4.79 Å². The van der Waals surface area contributed by atoms with E-state index in [9.17, 15) is 9.59 Å². The Morgan fingerprint density at radius 3 is 2.71 bits per heavy atom. The van der Waals surface area contributed by atoms with Crippen LogP contribution >= 0.6 is 0 Å².